The van der Waals surface area contributed by atoms with Gasteiger partial charge < -0.3 is 5.32 Å². The van der Waals surface area contributed by atoms with E-state index in [-0.39, 0.29) is 6.04 Å². The number of fused-ring (bicyclic) bond motifs is 1. The Hall–Kier alpha value is -0.430. The third-order valence-electron chi connectivity index (χ3n) is 3.50. The Kier molecular flexibility index (Phi) is 4.99. The molecular weight excluding hydrogens is 457 g/mol. The highest BCUT2D eigenvalue weighted by molar-refractivity contribution is 14.1. The molecule has 0 spiro atoms. The van der Waals surface area contributed by atoms with Crippen molar-refractivity contribution in [3.63, 3.8) is 0 Å². The van der Waals surface area contributed by atoms with E-state index < -0.39 is 0 Å². The molecule has 1 aromatic heterocycles. The van der Waals surface area contributed by atoms with E-state index in [1.807, 2.05) is 11.3 Å². The highest BCUT2D eigenvalue weighted by Crippen LogP contribution is 2.35. The van der Waals surface area contributed by atoms with E-state index in [0.29, 0.717) is 0 Å². The molecule has 108 valence electrons. The van der Waals surface area contributed by atoms with Crippen molar-refractivity contribution in [1.82, 2.24) is 5.32 Å². The number of halogens is 2. The van der Waals surface area contributed by atoms with Gasteiger partial charge in [0, 0.05) is 12.7 Å². The molecular formula is C17H15BrINS. The molecule has 21 heavy (non-hydrogen) atoms. The minimum Gasteiger partial charge on any atom is -0.306 e. The molecule has 0 saturated heterocycles. The van der Waals surface area contributed by atoms with E-state index in [0.717, 1.165) is 11.0 Å². The molecule has 0 saturated carbocycles. The van der Waals surface area contributed by atoms with Gasteiger partial charge in [-0.2, -0.15) is 0 Å². The lowest BCUT2D eigenvalue weighted by Crippen LogP contribution is -2.22. The number of hydrogen-bond acceptors (Lipinski definition) is 2. The zero-order chi connectivity index (χ0) is 14.8. The molecule has 0 fully saturated rings. The Morgan fingerprint density at radius 3 is 2.81 bits per heavy atom. The minimum atomic E-state index is 0.232. The summed E-state index contributed by atoms with van der Waals surface area (Å²) in [5, 5.41) is 7.28. The molecule has 1 heterocycles. The van der Waals surface area contributed by atoms with Gasteiger partial charge in [0.15, 0.2) is 0 Å². The van der Waals surface area contributed by atoms with Crippen LogP contribution in [0.5, 0.6) is 0 Å². The molecule has 0 radical (unpaired) electrons. The summed E-state index contributed by atoms with van der Waals surface area (Å²) in [6.45, 7) is 3.10. The normalized spacial score (nSPS) is 12.7. The second kappa shape index (κ2) is 6.77. The maximum absolute atomic E-state index is 3.64. The summed E-state index contributed by atoms with van der Waals surface area (Å²) in [5.74, 6) is 0. The second-order valence-corrected chi connectivity index (χ2v) is 7.83. The monoisotopic (exact) mass is 471 g/mol. The number of nitrogens with one attached hydrogen (secondary N) is 1. The van der Waals surface area contributed by atoms with E-state index >= 15 is 0 Å². The Balaban J connectivity index is 2.15. The lowest BCUT2D eigenvalue weighted by atomic mass is 9.98. The minimum absolute atomic E-state index is 0.232. The van der Waals surface area contributed by atoms with Crippen LogP contribution in [0.3, 0.4) is 0 Å². The third kappa shape index (κ3) is 3.18. The number of benzene rings is 2. The van der Waals surface area contributed by atoms with Gasteiger partial charge in [0.1, 0.15) is 0 Å². The van der Waals surface area contributed by atoms with Crippen molar-refractivity contribution in [3.05, 3.63) is 67.0 Å². The van der Waals surface area contributed by atoms with Crippen LogP contribution in [0.15, 0.2) is 52.3 Å². The summed E-state index contributed by atoms with van der Waals surface area (Å²) in [4.78, 5) is 0. The predicted molar refractivity (Wildman–Crippen MR) is 104 cm³/mol. The second-order valence-electron chi connectivity index (χ2n) is 4.84. The van der Waals surface area contributed by atoms with Crippen LogP contribution in [0.4, 0.5) is 0 Å². The SMILES string of the molecule is CCNC(c1cc(Br)ccc1I)c1csc2ccccc12. The molecule has 2 aromatic carbocycles. The molecule has 3 rings (SSSR count). The number of thiophene rings is 1. The largest absolute Gasteiger partial charge is 0.306 e. The van der Waals surface area contributed by atoms with E-state index in [1.165, 1.54) is 24.8 Å². The van der Waals surface area contributed by atoms with Gasteiger partial charge in [0.25, 0.3) is 0 Å². The molecule has 0 aliphatic heterocycles. The molecule has 1 atom stereocenters. The topological polar surface area (TPSA) is 12.0 Å². The standard InChI is InChI=1S/C17H15BrINS/c1-2-20-17(13-9-11(18)7-8-15(13)19)14-10-21-16-6-4-3-5-12(14)16/h3-10,17,20H,2H2,1H3. The van der Waals surface area contributed by atoms with Crippen molar-refractivity contribution in [2.24, 2.45) is 0 Å². The lowest BCUT2D eigenvalue weighted by Gasteiger charge is -2.20. The van der Waals surface area contributed by atoms with E-state index in [4.69, 9.17) is 0 Å². The summed E-state index contributed by atoms with van der Waals surface area (Å²) >= 11 is 7.84. The molecule has 0 bridgehead atoms. The Labute approximate surface area is 151 Å². The summed E-state index contributed by atoms with van der Waals surface area (Å²) in [5.41, 5.74) is 2.70. The van der Waals surface area contributed by atoms with Crippen LogP contribution < -0.4 is 5.32 Å². The molecule has 0 aliphatic carbocycles. The number of rotatable bonds is 4. The van der Waals surface area contributed by atoms with Crippen LogP contribution in [0.25, 0.3) is 10.1 Å². The van der Waals surface area contributed by atoms with Crippen molar-refractivity contribution >= 4 is 59.9 Å². The van der Waals surface area contributed by atoms with Crippen LogP contribution in [-0.2, 0) is 0 Å². The average Bonchev–Trinajstić information content (AvgIpc) is 2.91. The summed E-state index contributed by atoms with van der Waals surface area (Å²) in [6.07, 6.45) is 0. The van der Waals surface area contributed by atoms with Crippen LogP contribution in [0.1, 0.15) is 24.1 Å². The highest BCUT2D eigenvalue weighted by Gasteiger charge is 2.19. The van der Waals surface area contributed by atoms with Crippen LogP contribution in [-0.4, -0.2) is 6.54 Å². The van der Waals surface area contributed by atoms with Crippen molar-refractivity contribution in [2.75, 3.05) is 6.54 Å². The van der Waals surface area contributed by atoms with E-state index in [9.17, 15) is 0 Å². The van der Waals surface area contributed by atoms with Gasteiger partial charge in [0.05, 0.1) is 6.04 Å². The Bertz CT molecular complexity index is 768. The molecule has 4 heteroatoms. The third-order valence-corrected chi connectivity index (χ3v) is 5.96. The van der Waals surface area contributed by atoms with E-state index in [1.54, 1.807) is 0 Å². The summed E-state index contributed by atoms with van der Waals surface area (Å²) < 4.78 is 3.76. The zero-order valence-electron chi connectivity index (χ0n) is 11.6. The highest BCUT2D eigenvalue weighted by atomic mass is 127. The van der Waals surface area contributed by atoms with Crippen molar-refractivity contribution in [3.8, 4) is 0 Å². The van der Waals surface area contributed by atoms with Gasteiger partial charge in [-0.15, -0.1) is 11.3 Å². The molecule has 1 N–H and O–H groups in total. The van der Waals surface area contributed by atoms with Gasteiger partial charge in [-0.1, -0.05) is 41.1 Å². The zero-order valence-corrected chi connectivity index (χ0v) is 16.1. The maximum atomic E-state index is 3.64. The molecule has 1 unspecified atom stereocenters. The quantitative estimate of drug-likeness (QED) is 0.462. The first-order valence-corrected chi connectivity index (χ1v) is 9.60. The number of hydrogen-bond donors (Lipinski definition) is 1. The van der Waals surface area contributed by atoms with Gasteiger partial charge in [0.2, 0.25) is 0 Å². The fraction of sp³-hybridized carbons (Fsp3) is 0.176. The molecule has 0 aliphatic rings. The first-order chi connectivity index (χ1) is 10.2. The summed E-state index contributed by atoms with van der Waals surface area (Å²) in [6, 6.07) is 15.4. The maximum Gasteiger partial charge on any atom is 0.0601 e. The molecule has 3 aromatic rings. The van der Waals surface area contributed by atoms with Gasteiger partial charge in [-0.05, 0) is 75.3 Å². The van der Waals surface area contributed by atoms with Crippen LogP contribution in [0, 0.1) is 3.57 Å². The summed E-state index contributed by atoms with van der Waals surface area (Å²) in [7, 11) is 0. The van der Waals surface area contributed by atoms with Gasteiger partial charge in [-0.3, -0.25) is 0 Å². The fourth-order valence-corrected chi connectivity index (χ4v) is 4.56. The first-order valence-electron chi connectivity index (χ1n) is 6.85. The van der Waals surface area contributed by atoms with Crippen LogP contribution in [0.2, 0.25) is 0 Å². The molecule has 1 nitrogen and oxygen atoms in total. The van der Waals surface area contributed by atoms with E-state index in [2.05, 4.69) is 98.6 Å². The van der Waals surface area contributed by atoms with Crippen molar-refractivity contribution in [1.29, 1.82) is 0 Å². The molecule has 0 amide bonds. The average molecular weight is 472 g/mol. The predicted octanol–water partition coefficient (Wildman–Crippen LogP) is 5.97. The smallest absolute Gasteiger partial charge is 0.0601 e. The Morgan fingerprint density at radius 1 is 1.19 bits per heavy atom. The van der Waals surface area contributed by atoms with Gasteiger partial charge in [-0.25, -0.2) is 0 Å². The first kappa shape index (κ1) is 15.5. The van der Waals surface area contributed by atoms with Crippen molar-refractivity contribution < 1.29 is 0 Å². The fourth-order valence-electron chi connectivity index (χ4n) is 2.55. The van der Waals surface area contributed by atoms with Crippen LogP contribution >= 0.6 is 49.9 Å². The van der Waals surface area contributed by atoms with Gasteiger partial charge >= 0.3 is 0 Å². The Morgan fingerprint density at radius 2 is 2.00 bits per heavy atom. The van der Waals surface area contributed by atoms with Crippen molar-refractivity contribution in [2.45, 2.75) is 13.0 Å². The lowest BCUT2D eigenvalue weighted by molar-refractivity contribution is 0.633.